The van der Waals surface area contributed by atoms with Crippen LogP contribution >= 0.6 is 15.9 Å². The van der Waals surface area contributed by atoms with Crippen molar-refractivity contribution in [3.63, 3.8) is 0 Å². The van der Waals surface area contributed by atoms with E-state index in [4.69, 9.17) is 14.2 Å². The third kappa shape index (κ3) is 4.29. The minimum atomic E-state index is -0.453. The molecule has 0 bridgehead atoms. The SMILES string of the molecule is OCC1CC(O)CC(c2ccc(Br)c(Cc3ccc4c(c3)OCCO4)c2)O1. The average molecular weight is 435 g/mol. The first-order chi connectivity index (χ1) is 13.1. The molecule has 1 fully saturated rings. The molecule has 144 valence electrons. The number of ether oxygens (including phenoxy) is 3. The molecule has 0 aromatic heterocycles. The Morgan fingerprint density at radius 3 is 2.63 bits per heavy atom. The Kier molecular flexibility index (Phi) is 5.68. The molecular formula is C21H23BrO5. The molecule has 0 radical (unpaired) electrons. The maximum atomic E-state index is 10.1. The quantitative estimate of drug-likeness (QED) is 0.771. The summed E-state index contributed by atoms with van der Waals surface area (Å²) in [5.41, 5.74) is 3.28. The van der Waals surface area contributed by atoms with Crippen molar-refractivity contribution in [2.24, 2.45) is 0 Å². The van der Waals surface area contributed by atoms with Crippen molar-refractivity contribution in [3.05, 3.63) is 57.6 Å². The van der Waals surface area contributed by atoms with Gasteiger partial charge in [0.25, 0.3) is 0 Å². The van der Waals surface area contributed by atoms with Crippen LogP contribution in [0.4, 0.5) is 0 Å². The number of hydrogen-bond donors (Lipinski definition) is 2. The standard InChI is InChI=1S/C21H23BrO5/c22-18-3-2-14(20-11-16(24)10-17(12-23)27-20)9-15(18)7-13-1-4-19-21(8-13)26-6-5-25-19/h1-4,8-9,16-17,20,23-24H,5-7,10-12H2. The lowest BCUT2D eigenvalue weighted by molar-refractivity contribution is -0.113. The molecule has 0 aliphatic carbocycles. The number of halogens is 1. The number of aliphatic hydroxyl groups excluding tert-OH is 2. The summed E-state index contributed by atoms with van der Waals surface area (Å²) in [7, 11) is 0. The van der Waals surface area contributed by atoms with Crippen molar-refractivity contribution in [2.75, 3.05) is 19.8 Å². The Morgan fingerprint density at radius 1 is 1.00 bits per heavy atom. The second kappa shape index (κ2) is 8.19. The highest BCUT2D eigenvalue weighted by molar-refractivity contribution is 9.10. The Labute approximate surface area is 167 Å². The molecule has 0 amide bonds. The Balaban J connectivity index is 1.56. The van der Waals surface area contributed by atoms with Crippen LogP contribution < -0.4 is 9.47 Å². The van der Waals surface area contributed by atoms with Crippen LogP contribution in [0, 0.1) is 0 Å². The molecule has 1 saturated heterocycles. The van der Waals surface area contributed by atoms with Crippen LogP contribution in [-0.2, 0) is 11.2 Å². The lowest BCUT2D eigenvalue weighted by Gasteiger charge is -2.32. The number of aliphatic hydroxyl groups is 2. The van der Waals surface area contributed by atoms with Crippen LogP contribution in [0.3, 0.4) is 0 Å². The molecule has 2 aromatic rings. The first kappa shape index (κ1) is 18.7. The van der Waals surface area contributed by atoms with Gasteiger partial charge in [-0.2, -0.15) is 0 Å². The van der Waals surface area contributed by atoms with Crippen molar-refractivity contribution in [2.45, 2.75) is 37.6 Å². The average Bonchev–Trinajstić information content (AvgIpc) is 2.69. The zero-order chi connectivity index (χ0) is 18.8. The summed E-state index contributed by atoms with van der Waals surface area (Å²) in [5.74, 6) is 1.58. The molecule has 0 spiro atoms. The van der Waals surface area contributed by atoms with Crippen molar-refractivity contribution >= 4 is 15.9 Å². The summed E-state index contributed by atoms with van der Waals surface area (Å²) >= 11 is 3.64. The van der Waals surface area contributed by atoms with E-state index in [0.717, 1.165) is 39.1 Å². The maximum Gasteiger partial charge on any atom is 0.161 e. The minimum Gasteiger partial charge on any atom is -0.486 e. The first-order valence-electron chi connectivity index (χ1n) is 9.23. The summed E-state index contributed by atoms with van der Waals surface area (Å²) in [6.45, 7) is 1.08. The van der Waals surface area contributed by atoms with Gasteiger partial charge in [0, 0.05) is 17.3 Å². The zero-order valence-electron chi connectivity index (χ0n) is 14.9. The second-order valence-corrected chi connectivity index (χ2v) is 7.91. The van der Waals surface area contributed by atoms with Gasteiger partial charge in [-0.3, -0.25) is 0 Å². The highest BCUT2D eigenvalue weighted by atomic mass is 79.9. The molecule has 2 aromatic carbocycles. The van der Waals surface area contributed by atoms with Crippen molar-refractivity contribution < 1.29 is 24.4 Å². The van der Waals surface area contributed by atoms with Gasteiger partial charge in [0.15, 0.2) is 11.5 Å². The van der Waals surface area contributed by atoms with E-state index in [-0.39, 0.29) is 18.8 Å². The summed E-state index contributed by atoms with van der Waals surface area (Å²) in [6.07, 6.45) is 0.784. The van der Waals surface area contributed by atoms with Crippen molar-refractivity contribution in [1.29, 1.82) is 0 Å². The highest BCUT2D eigenvalue weighted by Crippen LogP contribution is 2.35. The Morgan fingerprint density at radius 2 is 1.81 bits per heavy atom. The van der Waals surface area contributed by atoms with E-state index in [2.05, 4.69) is 28.1 Å². The lowest BCUT2D eigenvalue weighted by atomic mass is 9.94. The molecule has 6 heteroatoms. The fraction of sp³-hybridized carbons (Fsp3) is 0.429. The Bertz CT molecular complexity index is 809. The van der Waals surface area contributed by atoms with Crippen LogP contribution in [0.15, 0.2) is 40.9 Å². The van der Waals surface area contributed by atoms with Crippen LogP contribution in [0.5, 0.6) is 11.5 Å². The van der Waals surface area contributed by atoms with Crippen molar-refractivity contribution in [1.82, 2.24) is 0 Å². The Hall–Kier alpha value is -1.60. The van der Waals surface area contributed by atoms with Gasteiger partial charge in [0.1, 0.15) is 13.2 Å². The van der Waals surface area contributed by atoms with E-state index in [1.54, 1.807) is 0 Å². The lowest BCUT2D eigenvalue weighted by Crippen LogP contribution is -2.33. The van der Waals surface area contributed by atoms with E-state index in [1.807, 2.05) is 24.3 Å². The van der Waals surface area contributed by atoms with Crippen LogP contribution in [0.2, 0.25) is 0 Å². The van der Waals surface area contributed by atoms with Gasteiger partial charge >= 0.3 is 0 Å². The van der Waals surface area contributed by atoms with Gasteiger partial charge in [-0.15, -0.1) is 0 Å². The van der Waals surface area contributed by atoms with E-state index in [9.17, 15) is 10.2 Å². The number of hydrogen-bond acceptors (Lipinski definition) is 5. The van der Waals surface area contributed by atoms with Gasteiger partial charge in [0.2, 0.25) is 0 Å². The molecule has 2 aliphatic heterocycles. The fourth-order valence-corrected chi connectivity index (χ4v) is 4.06. The van der Waals surface area contributed by atoms with E-state index >= 15 is 0 Å². The molecule has 4 rings (SSSR count). The van der Waals surface area contributed by atoms with Gasteiger partial charge in [-0.05, 0) is 41.3 Å². The largest absolute Gasteiger partial charge is 0.486 e. The zero-order valence-corrected chi connectivity index (χ0v) is 16.5. The second-order valence-electron chi connectivity index (χ2n) is 7.06. The maximum absolute atomic E-state index is 10.1. The third-order valence-electron chi connectivity index (χ3n) is 5.02. The smallest absolute Gasteiger partial charge is 0.161 e. The van der Waals surface area contributed by atoms with E-state index in [1.165, 1.54) is 0 Å². The summed E-state index contributed by atoms with van der Waals surface area (Å²) in [5, 5.41) is 19.5. The van der Waals surface area contributed by atoms with Crippen LogP contribution in [0.25, 0.3) is 0 Å². The summed E-state index contributed by atoms with van der Waals surface area (Å²) < 4.78 is 18.2. The van der Waals surface area contributed by atoms with Gasteiger partial charge < -0.3 is 24.4 Å². The molecular weight excluding hydrogens is 412 g/mol. The molecule has 27 heavy (non-hydrogen) atoms. The van der Waals surface area contributed by atoms with Gasteiger partial charge in [-0.25, -0.2) is 0 Å². The molecule has 2 heterocycles. The van der Waals surface area contributed by atoms with Crippen LogP contribution in [-0.4, -0.2) is 42.2 Å². The molecule has 5 nitrogen and oxygen atoms in total. The predicted molar refractivity (Wildman–Crippen MR) is 104 cm³/mol. The summed E-state index contributed by atoms with van der Waals surface area (Å²) in [6, 6.07) is 12.2. The normalized spacial score (nSPS) is 24.6. The van der Waals surface area contributed by atoms with Crippen LogP contribution in [0.1, 0.15) is 35.6 Å². The molecule has 2 aliphatic rings. The van der Waals surface area contributed by atoms with E-state index in [0.29, 0.717) is 26.1 Å². The fourth-order valence-electron chi connectivity index (χ4n) is 3.67. The van der Waals surface area contributed by atoms with Crippen molar-refractivity contribution in [3.8, 4) is 11.5 Å². The number of fused-ring (bicyclic) bond motifs is 1. The molecule has 3 atom stereocenters. The van der Waals surface area contributed by atoms with Gasteiger partial charge in [0.05, 0.1) is 24.9 Å². The van der Waals surface area contributed by atoms with Gasteiger partial charge in [-0.1, -0.05) is 34.1 Å². The predicted octanol–water partition coefficient (Wildman–Crippen LogP) is 3.38. The third-order valence-corrected chi connectivity index (χ3v) is 5.80. The van der Waals surface area contributed by atoms with E-state index < -0.39 is 6.10 Å². The molecule has 0 saturated carbocycles. The summed E-state index contributed by atoms with van der Waals surface area (Å²) in [4.78, 5) is 0. The number of benzene rings is 2. The number of rotatable bonds is 4. The topological polar surface area (TPSA) is 68.2 Å². The molecule has 2 N–H and O–H groups in total. The first-order valence-corrected chi connectivity index (χ1v) is 10.0. The highest BCUT2D eigenvalue weighted by Gasteiger charge is 2.29. The molecule has 3 unspecified atom stereocenters. The monoisotopic (exact) mass is 434 g/mol. The minimum absolute atomic E-state index is 0.0753.